The van der Waals surface area contributed by atoms with E-state index in [1.165, 1.54) is 11.3 Å². The molecule has 0 aromatic carbocycles. The highest BCUT2D eigenvalue weighted by Gasteiger charge is 2.29. The Morgan fingerprint density at radius 1 is 1.43 bits per heavy atom. The second-order valence-corrected chi connectivity index (χ2v) is 8.59. The van der Waals surface area contributed by atoms with Crippen LogP contribution < -0.4 is 10.0 Å². The molecule has 21 heavy (non-hydrogen) atoms. The molecule has 6 nitrogen and oxygen atoms in total. The molecule has 0 saturated carbocycles. The first-order valence-corrected chi connectivity index (χ1v) is 9.18. The van der Waals surface area contributed by atoms with Crippen molar-refractivity contribution in [2.24, 2.45) is 11.3 Å². The molecule has 0 fully saturated rings. The quantitative estimate of drug-likeness (QED) is 0.853. The summed E-state index contributed by atoms with van der Waals surface area (Å²) in [6.07, 6.45) is 1.72. The first-order valence-electron chi connectivity index (χ1n) is 6.82. The van der Waals surface area contributed by atoms with Crippen molar-refractivity contribution in [2.75, 3.05) is 18.9 Å². The lowest BCUT2D eigenvalue weighted by Gasteiger charge is -2.29. The number of nitrogens with zero attached hydrogens (tertiary/aromatic N) is 2. The minimum atomic E-state index is -3.63. The fraction of sp³-hybridized carbons (Fsp3) is 0.615. The molecule has 8 heteroatoms. The average Bonchev–Trinajstić information content (AvgIpc) is 2.95. The lowest BCUT2D eigenvalue weighted by Crippen LogP contribution is -2.37. The Morgan fingerprint density at radius 3 is 2.67 bits per heavy atom. The molecule has 0 saturated heterocycles. The molecule has 2 heterocycles. The summed E-state index contributed by atoms with van der Waals surface area (Å²) in [4.78, 5) is 4.94. The summed E-state index contributed by atoms with van der Waals surface area (Å²) >= 11 is 1.40. The molecule has 2 aromatic rings. The molecule has 2 N–H and O–H groups in total. The number of hydrogen-bond acceptors (Lipinski definition) is 5. The number of fused-ring (bicyclic) bond motifs is 1. The summed E-state index contributed by atoms with van der Waals surface area (Å²) in [5.41, 5.74) is -0.120. The van der Waals surface area contributed by atoms with Gasteiger partial charge in [0.15, 0.2) is 15.8 Å². The van der Waals surface area contributed by atoms with Crippen molar-refractivity contribution >= 4 is 32.1 Å². The Morgan fingerprint density at radius 2 is 2.10 bits per heavy atom. The van der Waals surface area contributed by atoms with Gasteiger partial charge in [0.1, 0.15) is 0 Å². The highest BCUT2D eigenvalue weighted by Crippen LogP contribution is 2.28. The van der Waals surface area contributed by atoms with Crippen LogP contribution in [0, 0.1) is 11.3 Å². The van der Waals surface area contributed by atoms with Gasteiger partial charge in [0.25, 0.3) is 10.0 Å². The number of nitrogens with one attached hydrogen (secondary N) is 2. The van der Waals surface area contributed by atoms with Crippen LogP contribution in [-0.4, -0.2) is 31.4 Å². The number of imidazole rings is 1. The second kappa shape index (κ2) is 5.58. The van der Waals surface area contributed by atoms with Crippen molar-refractivity contribution in [2.45, 2.75) is 32.7 Å². The molecule has 0 aliphatic carbocycles. The Balaban J connectivity index is 2.36. The van der Waals surface area contributed by atoms with Crippen LogP contribution in [0.2, 0.25) is 0 Å². The van der Waals surface area contributed by atoms with E-state index in [2.05, 4.69) is 42.7 Å². The van der Waals surface area contributed by atoms with Crippen molar-refractivity contribution in [3.8, 4) is 0 Å². The van der Waals surface area contributed by atoms with Gasteiger partial charge in [0.05, 0.1) is 0 Å². The third-order valence-corrected chi connectivity index (χ3v) is 6.17. The Bertz CT molecular complexity index is 729. The monoisotopic (exact) mass is 330 g/mol. The van der Waals surface area contributed by atoms with Crippen molar-refractivity contribution in [1.82, 2.24) is 14.1 Å². The highest BCUT2D eigenvalue weighted by molar-refractivity contribution is 7.89. The minimum Gasteiger partial charge on any atom is -0.371 e. The van der Waals surface area contributed by atoms with Crippen LogP contribution in [0.3, 0.4) is 0 Å². The molecule has 0 aliphatic rings. The van der Waals surface area contributed by atoms with Gasteiger partial charge in [-0.2, -0.15) is 0 Å². The van der Waals surface area contributed by atoms with Crippen molar-refractivity contribution in [3.05, 3.63) is 11.6 Å². The Labute approximate surface area is 129 Å². The van der Waals surface area contributed by atoms with E-state index in [1.807, 2.05) is 5.38 Å². The lowest BCUT2D eigenvalue weighted by atomic mass is 9.81. The van der Waals surface area contributed by atoms with E-state index in [-0.39, 0.29) is 10.4 Å². The largest absolute Gasteiger partial charge is 0.371 e. The molecule has 0 spiro atoms. The van der Waals surface area contributed by atoms with Crippen LogP contribution in [0.1, 0.15) is 27.7 Å². The smallest absolute Gasteiger partial charge is 0.260 e. The molecular weight excluding hydrogens is 308 g/mol. The topological polar surface area (TPSA) is 75.5 Å². The molecule has 2 rings (SSSR count). The maximum atomic E-state index is 12.6. The van der Waals surface area contributed by atoms with Gasteiger partial charge < -0.3 is 5.32 Å². The van der Waals surface area contributed by atoms with Crippen molar-refractivity contribution in [3.63, 3.8) is 0 Å². The molecule has 0 amide bonds. The zero-order valence-electron chi connectivity index (χ0n) is 13.0. The predicted octanol–water partition coefficient (Wildman–Crippen LogP) is 2.40. The Kier molecular flexibility index (Phi) is 4.32. The number of hydrogen-bond donors (Lipinski definition) is 2. The number of sulfonamides is 1. The number of anilines is 1. The van der Waals surface area contributed by atoms with E-state index in [0.717, 1.165) is 0 Å². The van der Waals surface area contributed by atoms with Crippen LogP contribution >= 0.6 is 11.3 Å². The third kappa shape index (κ3) is 3.07. The molecule has 0 bridgehead atoms. The van der Waals surface area contributed by atoms with Gasteiger partial charge in [-0.15, -0.1) is 11.3 Å². The zero-order valence-corrected chi connectivity index (χ0v) is 14.6. The highest BCUT2D eigenvalue weighted by atomic mass is 32.2. The summed E-state index contributed by atoms with van der Waals surface area (Å²) < 4.78 is 29.6. The summed E-state index contributed by atoms with van der Waals surface area (Å²) in [5.74, 6) is 0.743. The normalized spacial score (nSPS) is 13.2. The summed E-state index contributed by atoms with van der Waals surface area (Å²) in [7, 11) is -1.96. The lowest BCUT2D eigenvalue weighted by molar-refractivity contribution is 0.252. The van der Waals surface area contributed by atoms with E-state index < -0.39 is 10.0 Å². The van der Waals surface area contributed by atoms with Gasteiger partial charge in [-0.05, 0) is 11.3 Å². The van der Waals surface area contributed by atoms with E-state index in [1.54, 1.807) is 17.6 Å². The maximum absolute atomic E-state index is 12.6. The SMILES string of the molecule is CNc1nc2sccn2c1S(=O)(=O)NCC(C)(C)C(C)C. The van der Waals surface area contributed by atoms with Gasteiger partial charge in [0.2, 0.25) is 0 Å². The van der Waals surface area contributed by atoms with Crippen LogP contribution in [0.5, 0.6) is 0 Å². The van der Waals surface area contributed by atoms with E-state index in [4.69, 9.17) is 0 Å². The van der Waals surface area contributed by atoms with Crippen LogP contribution in [0.25, 0.3) is 4.96 Å². The van der Waals surface area contributed by atoms with Crippen LogP contribution in [-0.2, 0) is 10.0 Å². The fourth-order valence-electron chi connectivity index (χ4n) is 1.74. The summed E-state index contributed by atoms with van der Waals surface area (Å²) in [5, 5.41) is 4.84. The van der Waals surface area contributed by atoms with Crippen LogP contribution in [0.4, 0.5) is 5.82 Å². The third-order valence-electron chi connectivity index (χ3n) is 3.99. The summed E-state index contributed by atoms with van der Waals surface area (Å²) in [6, 6.07) is 0. The van der Waals surface area contributed by atoms with Gasteiger partial charge >= 0.3 is 0 Å². The molecule has 118 valence electrons. The molecule has 0 unspecified atom stereocenters. The number of rotatable bonds is 6. The minimum absolute atomic E-state index is 0.120. The van der Waals surface area contributed by atoms with Gasteiger partial charge in [0, 0.05) is 25.2 Å². The molecule has 0 aliphatic heterocycles. The van der Waals surface area contributed by atoms with E-state index in [0.29, 0.717) is 23.2 Å². The van der Waals surface area contributed by atoms with Crippen LogP contribution in [0.15, 0.2) is 16.6 Å². The molecule has 2 aromatic heterocycles. The van der Waals surface area contributed by atoms with Crippen molar-refractivity contribution in [1.29, 1.82) is 0 Å². The number of thiazole rings is 1. The second-order valence-electron chi connectivity index (χ2n) is 6.04. The fourth-order valence-corrected chi connectivity index (χ4v) is 4.02. The molecule has 0 atom stereocenters. The molecule has 0 radical (unpaired) electrons. The standard InChI is InChI=1S/C13H22N4O2S2/c1-9(2)13(3,4)8-15-21(18,19)11-10(14-5)16-12-17(11)6-7-20-12/h6-7,9,14-15H,8H2,1-5H3. The Hall–Kier alpha value is -1.12. The average molecular weight is 330 g/mol. The van der Waals surface area contributed by atoms with E-state index >= 15 is 0 Å². The number of aromatic nitrogens is 2. The van der Waals surface area contributed by atoms with Crippen molar-refractivity contribution < 1.29 is 8.42 Å². The predicted molar refractivity (Wildman–Crippen MR) is 86.4 cm³/mol. The van der Waals surface area contributed by atoms with Gasteiger partial charge in [-0.3, -0.25) is 4.40 Å². The maximum Gasteiger partial charge on any atom is 0.260 e. The van der Waals surface area contributed by atoms with Gasteiger partial charge in [-0.1, -0.05) is 27.7 Å². The zero-order chi connectivity index (χ0) is 15.8. The summed E-state index contributed by atoms with van der Waals surface area (Å²) in [6.45, 7) is 8.66. The first kappa shape index (κ1) is 16.3. The first-order chi connectivity index (χ1) is 9.69. The van der Waals surface area contributed by atoms with E-state index in [9.17, 15) is 8.42 Å². The van der Waals surface area contributed by atoms with Gasteiger partial charge in [-0.25, -0.2) is 18.1 Å². The molecular formula is C13H22N4O2S2.